The first-order chi connectivity index (χ1) is 7.68. The Morgan fingerprint density at radius 1 is 1.31 bits per heavy atom. The molecule has 2 aromatic rings. The minimum absolute atomic E-state index is 0.641. The van der Waals surface area contributed by atoms with Crippen molar-refractivity contribution in [3.63, 3.8) is 0 Å². The van der Waals surface area contributed by atoms with E-state index in [9.17, 15) is 4.79 Å². The van der Waals surface area contributed by atoms with Crippen molar-refractivity contribution in [3.8, 4) is 11.1 Å². The Hall–Kier alpha value is -2.10. The molecule has 82 valence electrons. The second kappa shape index (κ2) is 4.18. The second-order valence-electron chi connectivity index (χ2n) is 3.59. The lowest BCUT2D eigenvalue weighted by molar-refractivity contribution is -0.140. The van der Waals surface area contributed by atoms with E-state index in [0.29, 0.717) is 0 Å². The van der Waals surface area contributed by atoms with Crippen LogP contribution >= 0.6 is 0 Å². The molecule has 4 heteroatoms. The van der Waals surface area contributed by atoms with E-state index in [0.717, 1.165) is 11.1 Å². The number of nitrogens with zero attached hydrogens (tertiary/aromatic N) is 2. The molecule has 0 radical (unpaired) electrons. The molecule has 4 nitrogen and oxygen atoms in total. The van der Waals surface area contributed by atoms with Gasteiger partial charge in [-0.05, 0) is 12.5 Å². The van der Waals surface area contributed by atoms with Crippen LogP contribution in [0.1, 0.15) is 13.0 Å². The van der Waals surface area contributed by atoms with E-state index in [1.165, 1.54) is 4.68 Å². The summed E-state index contributed by atoms with van der Waals surface area (Å²) in [4.78, 5) is 10.8. The summed E-state index contributed by atoms with van der Waals surface area (Å²) in [6, 6.07) is 9.10. The molecule has 0 aliphatic rings. The minimum atomic E-state index is -0.886. The zero-order valence-corrected chi connectivity index (χ0v) is 8.87. The van der Waals surface area contributed by atoms with Crippen LogP contribution in [-0.2, 0) is 4.79 Å². The van der Waals surface area contributed by atoms with Gasteiger partial charge < -0.3 is 5.11 Å². The largest absolute Gasteiger partial charge is 0.480 e. The molecule has 1 atom stereocenters. The second-order valence-corrected chi connectivity index (χ2v) is 3.59. The summed E-state index contributed by atoms with van der Waals surface area (Å²) in [5.74, 6) is -0.886. The van der Waals surface area contributed by atoms with E-state index in [1.807, 2.05) is 30.3 Å². The summed E-state index contributed by atoms with van der Waals surface area (Å²) in [5.41, 5.74) is 1.96. The maximum Gasteiger partial charge on any atom is 0.328 e. The highest BCUT2D eigenvalue weighted by atomic mass is 16.4. The Labute approximate surface area is 93.1 Å². The molecule has 0 spiro atoms. The van der Waals surface area contributed by atoms with Crippen LogP contribution in [0.2, 0.25) is 0 Å². The van der Waals surface area contributed by atoms with Crippen LogP contribution < -0.4 is 0 Å². The van der Waals surface area contributed by atoms with Gasteiger partial charge in [0.1, 0.15) is 6.04 Å². The zero-order valence-electron chi connectivity index (χ0n) is 8.87. The molecule has 1 heterocycles. The predicted molar refractivity (Wildman–Crippen MR) is 60.0 cm³/mol. The number of rotatable bonds is 3. The molecule has 1 N–H and O–H groups in total. The summed E-state index contributed by atoms with van der Waals surface area (Å²) in [6.07, 6.45) is 3.42. The maximum atomic E-state index is 10.8. The first-order valence-corrected chi connectivity index (χ1v) is 5.01. The number of carboxylic acid groups (broad SMARTS) is 1. The van der Waals surface area contributed by atoms with E-state index in [2.05, 4.69) is 5.10 Å². The van der Waals surface area contributed by atoms with Gasteiger partial charge in [-0.2, -0.15) is 5.10 Å². The first-order valence-electron chi connectivity index (χ1n) is 5.01. The molecule has 2 rings (SSSR count). The first kappa shape index (κ1) is 10.4. The Morgan fingerprint density at radius 3 is 2.62 bits per heavy atom. The van der Waals surface area contributed by atoms with Crippen molar-refractivity contribution in [2.45, 2.75) is 13.0 Å². The normalized spacial score (nSPS) is 12.3. The van der Waals surface area contributed by atoms with Crippen LogP contribution in [0, 0.1) is 0 Å². The van der Waals surface area contributed by atoms with Crippen molar-refractivity contribution < 1.29 is 9.90 Å². The molecule has 1 unspecified atom stereocenters. The molecule has 0 aliphatic carbocycles. The van der Waals surface area contributed by atoms with E-state index in [1.54, 1.807) is 19.3 Å². The van der Waals surface area contributed by atoms with Crippen LogP contribution in [-0.4, -0.2) is 20.9 Å². The predicted octanol–water partition coefficient (Wildman–Crippen LogP) is 2.20. The fourth-order valence-electron chi connectivity index (χ4n) is 1.44. The van der Waals surface area contributed by atoms with Gasteiger partial charge in [0.2, 0.25) is 0 Å². The van der Waals surface area contributed by atoms with Gasteiger partial charge in [0, 0.05) is 11.8 Å². The van der Waals surface area contributed by atoms with Crippen molar-refractivity contribution in [2.24, 2.45) is 0 Å². The van der Waals surface area contributed by atoms with Gasteiger partial charge in [0.05, 0.1) is 6.20 Å². The summed E-state index contributed by atoms with van der Waals surface area (Å²) in [6.45, 7) is 1.60. The lowest BCUT2D eigenvalue weighted by Gasteiger charge is -2.05. The molecule has 0 bridgehead atoms. The summed E-state index contributed by atoms with van der Waals surface area (Å²) in [5, 5.41) is 12.9. The van der Waals surface area contributed by atoms with Gasteiger partial charge in [-0.15, -0.1) is 0 Å². The highest BCUT2D eigenvalue weighted by Crippen LogP contribution is 2.19. The summed E-state index contributed by atoms with van der Waals surface area (Å²) in [7, 11) is 0. The maximum absolute atomic E-state index is 10.8. The minimum Gasteiger partial charge on any atom is -0.480 e. The lowest BCUT2D eigenvalue weighted by Crippen LogP contribution is -2.15. The van der Waals surface area contributed by atoms with Crippen molar-refractivity contribution in [1.29, 1.82) is 0 Å². The molecule has 0 saturated carbocycles. The van der Waals surface area contributed by atoms with Gasteiger partial charge in [0.25, 0.3) is 0 Å². The van der Waals surface area contributed by atoms with Gasteiger partial charge in [-0.1, -0.05) is 30.3 Å². The number of carbonyl (C=O) groups is 1. The third-order valence-corrected chi connectivity index (χ3v) is 2.46. The molecule has 0 fully saturated rings. The standard InChI is InChI=1S/C12H12N2O2/c1-9(12(15)16)14-8-11(7-13-14)10-5-3-2-4-6-10/h2-9H,1H3,(H,15,16). The molecular weight excluding hydrogens is 204 g/mol. The third kappa shape index (κ3) is 1.95. The summed E-state index contributed by atoms with van der Waals surface area (Å²) >= 11 is 0. The number of aromatic nitrogens is 2. The molecule has 0 amide bonds. The van der Waals surface area contributed by atoms with Crippen LogP contribution in [0.4, 0.5) is 0 Å². The van der Waals surface area contributed by atoms with E-state index < -0.39 is 12.0 Å². The van der Waals surface area contributed by atoms with Gasteiger partial charge in [-0.3, -0.25) is 4.68 Å². The molecule has 1 aromatic carbocycles. The topological polar surface area (TPSA) is 55.1 Å². The average Bonchev–Trinajstić information content (AvgIpc) is 2.78. The number of hydrogen-bond acceptors (Lipinski definition) is 2. The number of carboxylic acids is 1. The molecule has 0 saturated heterocycles. The Balaban J connectivity index is 2.30. The van der Waals surface area contributed by atoms with Crippen molar-refractivity contribution in [3.05, 3.63) is 42.7 Å². The third-order valence-electron chi connectivity index (χ3n) is 2.46. The quantitative estimate of drug-likeness (QED) is 0.855. The van der Waals surface area contributed by atoms with Crippen molar-refractivity contribution >= 4 is 5.97 Å². The SMILES string of the molecule is CC(C(=O)O)n1cc(-c2ccccc2)cn1. The van der Waals surface area contributed by atoms with E-state index in [4.69, 9.17) is 5.11 Å². The van der Waals surface area contributed by atoms with E-state index >= 15 is 0 Å². The Bertz CT molecular complexity index is 491. The van der Waals surface area contributed by atoms with Crippen LogP contribution in [0.3, 0.4) is 0 Å². The molecule has 1 aromatic heterocycles. The Morgan fingerprint density at radius 2 is 2.00 bits per heavy atom. The van der Waals surface area contributed by atoms with Crippen LogP contribution in [0.25, 0.3) is 11.1 Å². The fraction of sp³-hybridized carbons (Fsp3) is 0.167. The van der Waals surface area contributed by atoms with Crippen LogP contribution in [0.5, 0.6) is 0 Å². The monoisotopic (exact) mass is 216 g/mol. The van der Waals surface area contributed by atoms with Gasteiger partial charge in [-0.25, -0.2) is 4.79 Å². The molecular formula is C12H12N2O2. The lowest BCUT2D eigenvalue weighted by atomic mass is 10.1. The Kier molecular flexibility index (Phi) is 2.72. The fourth-order valence-corrected chi connectivity index (χ4v) is 1.44. The van der Waals surface area contributed by atoms with Gasteiger partial charge >= 0.3 is 5.97 Å². The molecule has 16 heavy (non-hydrogen) atoms. The molecule has 0 aliphatic heterocycles. The highest BCUT2D eigenvalue weighted by Gasteiger charge is 2.14. The van der Waals surface area contributed by atoms with Crippen molar-refractivity contribution in [1.82, 2.24) is 9.78 Å². The number of benzene rings is 1. The van der Waals surface area contributed by atoms with E-state index in [-0.39, 0.29) is 0 Å². The highest BCUT2D eigenvalue weighted by molar-refractivity contribution is 5.71. The van der Waals surface area contributed by atoms with Crippen molar-refractivity contribution in [2.75, 3.05) is 0 Å². The number of aliphatic carboxylic acids is 1. The number of hydrogen-bond donors (Lipinski definition) is 1. The van der Waals surface area contributed by atoms with Crippen LogP contribution in [0.15, 0.2) is 42.7 Å². The zero-order chi connectivity index (χ0) is 11.5. The summed E-state index contributed by atoms with van der Waals surface area (Å²) < 4.78 is 1.45. The van der Waals surface area contributed by atoms with Gasteiger partial charge in [0.15, 0.2) is 0 Å². The average molecular weight is 216 g/mol. The smallest absolute Gasteiger partial charge is 0.328 e.